The summed E-state index contributed by atoms with van der Waals surface area (Å²) in [5, 5.41) is 11.6. The van der Waals surface area contributed by atoms with Crippen LogP contribution in [0.25, 0.3) is 0 Å². The molecule has 0 heterocycles. The lowest BCUT2D eigenvalue weighted by molar-refractivity contribution is -0.139. The molecule has 0 aromatic carbocycles. The molecule has 0 fully saturated rings. The summed E-state index contributed by atoms with van der Waals surface area (Å²) in [6, 6.07) is -1.03. The molecule has 1 amide bonds. The number of allylic oxidation sites excluding steroid dienone is 7. The minimum Gasteiger partial charge on any atom is -0.480 e. The Hall–Kier alpha value is -2.30. The average molecular weight is 291 g/mol. The van der Waals surface area contributed by atoms with Gasteiger partial charge in [-0.2, -0.15) is 0 Å². The second-order valence-electron chi connectivity index (χ2n) is 5.61. The van der Waals surface area contributed by atoms with Gasteiger partial charge in [-0.1, -0.05) is 42.5 Å². The lowest BCUT2D eigenvalue weighted by Crippen LogP contribution is -2.43. The SMILES string of the molecule is CC(C)(C)OC(=O)NC(CC1=C/C=C\C=C/C=C1)C(=O)O. The van der Waals surface area contributed by atoms with Crippen molar-refractivity contribution in [2.45, 2.75) is 38.8 Å². The number of carboxylic acid groups (broad SMARTS) is 1. The number of alkyl carbamates (subject to hydrolysis) is 1. The van der Waals surface area contributed by atoms with E-state index in [1.165, 1.54) is 0 Å². The first kappa shape index (κ1) is 16.8. The van der Waals surface area contributed by atoms with Gasteiger partial charge in [0, 0.05) is 6.42 Å². The molecule has 5 nitrogen and oxygen atoms in total. The highest BCUT2D eigenvalue weighted by molar-refractivity contribution is 5.80. The Morgan fingerprint density at radius 2 is 1.81 bits per heavy atom. The summed E-state index contributed by atoms with van der Waals surface area (Å²) in [5.74, 6) is -1.10. The Labute approximate surface area is 124 Å². The van der Waals surface area contributed by atoms with Crippen molar-refractivity contribution in [1.29, 1.82) is 0 Å². The monoisotopic (exact) mass is 291 g/mol. The number of carbonyl (C=O) groups excluding carboxylic acids is 1. The predicted molar refractivity (Wildman–Crippen MR) is 80.9 cm³/mol. The van der Waals surface area contributed by atoms with Gasteiger partial charge in [-0.05, 0) is 26.3 Å². The Bertz CT molecular complexity index is 507. The minimum atomic E-state index is -1.10. The van der Waals surface area contributed by atoms with Gasteiger partial charge in [-0.25, -0.2) is 9.59 Å². The van der Waals surface area contributed by atoms with Gasteiger partial charge in [0.1, 0.15) is 11.6 Å². The fraction of sp³-hybridized carbons (Fsp3) is 0.375. The van der Waals surface area contributed by atoms with Crippen LogP contribution >= 0.6 is 0 Å². The molecule has 5 heteroatoms. The fourth-order valence-corrected chi connectivity index (χ4v) is 1.63. The van der Waals surface area contributed by atoms with Gasteiger partial charge in [0.15, 0.2) is 0 Å². The maximum absolute atomic E-state index is 11.7. The molecule has 1 rings (SSSR count). The van der Waals surface area contributed by atoms with Crippen molar-refractivity contribution in [1.82, 2.24) is 5.32 Å². The van der Waals surface area contributed by atoms with E-state index in [1.807, 2.05) is 42.5 Å². The van der Waals surface area contributed by atoms with E-state index in [-0.39, 0.29) is 6.42 Å². The van der Waals surface area contributed by atoms with E-state index in [0.29, 0.717) is 0 Å². The summed E-state index contributed by atoms with van der Waals surface area (Å²) in [4.78, 5) is 23.0. The summed E-state index contributed by atoms with van der Waals surface area (Å²) >= 11 is 0. The quantitative estimate of drug-likeness (QED) is 0.835. The number of amides is 1. The Morgan fingerprint density at radius 1 is 1.19 bits per heavy atom. The van der Waals surface area contributed by atoms with Gasteiger partial charge >= 0.3 is 12.1 Å². The molecule has 21 heavy (non-hydrogen) atoms. The molecular weight excluding hydrogens is 270 g/mol. The number of ether oxygens (including phenoxy) is 1. The maximum atomic E-state index is 11.7. The first-order valence-corrected chi connectivity index (χ1v) is 6.71. The Balaban J connectivity index is 2.70. The summed E-state index contributed by atoms with van der Waals surface area (Å²) in [5.41, 5.74) is 0.138. The van der Waals surface area contributed by atoms with Gasteiger partial charge in [0.2, 0.25) is 0 Å². The third kappa shape index (κ3) is 7.15. The fourth-order valence-electron chi connectivity index (χ4n) is 1.63. The number of hydrogen-bond donors (Lipinski definition) is 2. The Kier molecular flexibility index (Phi) is 5.96. The van der Waals surface area contributed by atoms with Gasteiger partial charge in [-0.15, -0.1) is 0 Å². The van der Waals surface area contributed by atoms with Crippen molar-refractivity contribution in [2.75, 3.05) is 0 Å². The molecule has 0 radical (unpaired) electrons. The standard InChI is InChI=1S/C16H21NO4/c1-16(2,3)21-15(20)17-13(14(18)19)11-12-9-7-5-4-6-8-10-12/h4-10,13H,11H2,1-3H3,(H,17,20)(H,18,19)/b5-4-,6-4?,7-5?,8-6-,9-7?,10-8?,12-9?,12-10?. The zero-order chi connectivity index (χ0) is 15.9. The molecular formula is C16H21NO4. The molecule has 114 valence electrons. The molecule has 2 N–H and O–H groups in total. The van der Waals surface area contributed by atoms with Crippen LogP contribution < -0.4 is 5.32 Å². The van der Waals surface area contributed by atoms with Crippen molar-refractivity contribution < 1.29 is 19.4 Å². The van der Waals surface area contributed by atoms with Gasteiger partial charge < -0.3 is 15.2 Å². The van der Waals surface area contributed by atoms with E-state index in [1.54, 1.807) is 20.8 Å². The van der Waals surface area contributed by atoms with Crippen LogP contribution in [0.2, 0.25) is 0 Å². The number of carboxylic acids is 1. The molecule has 0 aromatic heterocycles. The molecule has 0 aliphatic heterocycles. The van der Waals surface area contributed by atoms with Crippen LogP contribution in [0.3, 0.4) is 0 Å². The maximum Gasteiger partial charge on any atom is 0.408 e. The normalized spacial score (nSPS) is 18.7. The first-order valence-electron chi connectivity index (χ1n) is 6.71. The van der Waals surface area contributed by atoms with Crippen LogP contribution in [0.4, 0.5) is 4.79 Å². The number of carbonyl (C=O) groups is 2. The van der Waals surface area contributed by atoms with Crippen LogP contribution in [0.1, 0.15) is 27.2 Å². The number of rotatable bonds is 4. The van der Waals surface area contributed by atoms with E-state index >= 15 is 0 Å². The van der Waals surface area contributed by atoms with Crippen LogP contribution in [0.5, 0.6) is 0 Å². The average Bonchev–Trinajstić information content (AvgIpc) is 2.28. The number of nitrogens with one attached hydrogen (secondary N) is 1. The summed E-state index contributed by atoms with van der Waals surface area (Å²) < 4.78 is 5.08. The first-order chi connectivity index (χ1) is 9.78. The van der Waals surface area contributed by atoms with Crippen LogP contribution in [-0.4, -0.2) is 28.8 Å². The van der Waals surface area contributed by atoms with E-state index in [4.69, 9.17) is 4.74 Å². The van der Waals surface area contributed by atoms with Crippen molar-refractivity contribution in [3.8, 4) is 0 Å². The van der Waals surface area contributed by atoms with Crippen molar-refractivity contribution in [2.24, 2.45) is 0 Å². The van der Waals surface area contributed by atoms with E-state index in [0.717, 1.165) is 5.57 Å². The molecule has 0 spiro atoms. The smallest absolute Gasteiger partial charge is 0.408 e. The third-order valence-electron chi connectivity index (χ3n) is 2.49. The largest absolute Gasteiger partial charge is 0.480 e. The summed E-state index contributed by atoms with van der Waals surface area (Å²) in [6.45, 7) is 5.17. The van der Waals surface area contributed by atoms with Crippen LogP contribution in [0.15, 0.2) is 48.1 Å². The number of aliphatic carboxylic acids is 1. The summed E-state index contributed by atoms with van der Waals surface area (Å²) in [7, 11) is 0. The second kappa shape index (κ2) is 7.47. The molecule has 1 unspecified atom stereocenters. The van der Waals surface area contributed by atoms with Crippen molar-refractivity contribution >= 4 is 12.1 Å². The van der Waals surface area contributed by atoms with E-state index < -0.39 is 23.7 Å². The van der Waals surface area contributed by atoms with Gasteiger partial charge in [0.05, 0.1) is 0 Å². The zero-order valence-corrected chi connectivity index (χ0v) is 12.5. The number of hydrogen-bond acceptors (Lipinski definition) is 3. The molecule has 1 aliphatic rings. The van der Waals surface area contributed by atoms with E-state index in [9.17, 15) is 14.7 Å². The molecule has 0 aromatic rings. The molecule has 0 bridgehead atoms. The molecule has 1 aliphatic carbocycles. The minimum absolute atomic E-state index is 0.184. The van der Waals surface area contributed by atoms with Crippen molar-refractivity contribution in [3.05, 3.63) is 48.1 Å². The molecule has 0 saturated heterocycles. The second-order valence-corrected chi connectivity index (χ2v) is 5.61. The zero-order valence-electron chi connectivity index (χ0n) is 12.5. The summed E-state index contributed by atoms with van der Waals surface area (Å²) in [6.07, 6.45) is 12.3. The predicted octanol–water partition coefficient (Wildman–Crippen LogP) is 2.96. The van der Waals surface area contributed by atoms with Crippen molar-refractivity contribution in [3.63, 3.8) is 0 Å². The highest BCUT2D eigenvalue weighted by Crippen LogP contribution is 2.12. The highest BCUT2D eigenvalue weighted by atomic mass is 16.6. The Morgan fingerprint density at radius 3 is 2.43 bits per heavy atom. The third-order valence-corrected chi connectivity index (χ3v) is 2.49. The lowest BCUT2D eigenvalue weighted by Gasteiger charge is -2.22. The van der Waals surface area contributed by atoms with E-state index in [2.05, 4.69) is 5.32 Å². The highest BCUT2D eigenvalue weighted by Gasteiger charge is 2.24. The van der Waals surface area contributed by atoms with Gasteiger partial charge in [0.25, 0.3) is 0 Å². The van der Waals surface area contributed by atoms with Crippen LogP contribution in [-0.2, 0) is 9.53 Å². The topological polar surface area (TPSA) is 75.6 Å². The molecule has 1 atom stereocenters. The van der Waals surface area contributed by atoms with Gasteiger partial charge in [-0.3, -0.25) is 0 Å². The molecule has 0 saturated carbocycles. The van der Waals surface area contributed by atoms with Crippen LogP contribution in [0, 0.1) is 0 Å². The lowest BCUT2D eigenvalue weighted by atomic mass is 10.0.